The summed E-state index contributed by atoms with van der Waals surface area (Å²) in [6, 6.07) is 0. The van der Waals surface area contributed by atoms with Crippen molar-refractivity contribution in [3.8, 4) is 0 Å². The third-order valence-corrected chi connectivity index (χ3v) is 3.00. The van der Waals surface area contributed by atoms with Crippen molar-refractivity contribution in [2.45, 2.75) is 26.8 Å². The van der Waals surface area contributed by atoms with E-state index in [1.54, 1.807) is 19.2 Å². The molecule has 0 bridgehead atoms. The molecule has 0 aromatic carbocycles. The van der Waals surface area contributed by atoms with E-state index in [-0.39, 0.29) is 30.4 Å². The zero-order valence-electron chi connectivity index (χ0n) is 10.2. The van der Waals surface area contributed by atoms with Crippen LogP contribution in [-0.4, -0.2) is 23.2 Å². The van der Waals surface area contributed by atoms with Crippen molar-refractivity contribution in [1.29, 1.82) is 0 Å². The number of carbonyl (C=O) groups is 2. The smallest absolute Gasteiger partial charge is 0.426 e. The van der Waals surface area contributed by atoms with E-state index in [0.29, 0.717) is 0 Å². The van der Waals surface area contributed by atoms with Crippen molar-refractivity contribution in [1.82, 2.24) is 15.4 Å². The summed E-state index contributed by atoms with van der Waals surface area (Å²) in [4.78, 5) is 33.5. The number of amides is 2. The number of thiazole rings is 1. The standard InChI is InChI=1S/C10H15N3O4S/c1-3-17-9(15)12-11-8(14)4-5-13-7(2)6-18-10(13)16/h6H,3-5H2,1-2H3,(H,11,14)(H,12,15). The second-order valence-corrected chi connectivity index (χ2v) is 4.26. The SMILES string of the molecule is CCOC(=O)NNC(=O)CCn1c(C)csc1=O. The second-order valence-electron chi connectivity index (χ2n) is 3.44. The first-order valence-corrected chi connectivity index (χ1v) is 6.29. The van der Waals surface area contributed by atoms with E-state index >= 15 is 0 Å². The molecule has 0 unspecified atom stereocenters. The summed E-state index contributed by atoms with van der Waals surface area (Å²) < 4.78 is 6.07. The zero-order chi connectivity index (χ0) is 13.5. The number of hydrogen-bond donors (Lipinski definition) is 2. The lowest BCUT2D eigenvalue weighted by Gasteiger charge is -2.07. The first-order valence-electron chi connectivity index (χ1n) is 5.41. The van der Waals surface area contributed by atoms with Crippen LogP contribution in [0.4, 0.5) is 4.79 Å². The largest absolute Gasteiger partial charge is 0.449 e. The molecule has 0 aliphatic carbocycles. The van der Waals surface area contributed by atoms with Gasteiger partial charge in [0.05, 0.1) is 6.61 Å². The van der Waals surface area contributed by atoms with E-state index in [2.05, 4.69) is 15.6 Å². The maximum absolute atomic E-state index is 11.4. The average Bonchev–Trinajstić information content (AvgIpc) is 2.64. The topological polar surface area (TPSA) is 89.4 Å². The van der Waals surface area contributed by atoms with Crippen molar-refractivity contribution in [2.75, 3.05) is 6.61 Å². The van der Waals surface area contributed by atoms with E-state index in [0.717, 1.165) is 17.0 Å². The fraction of sp³-hybridized carbons (Fsp3) is 0.500. The number of hydrogen-bond acceptors (Lipinski definition) is 5. The van der Waals surface area contributed by atoms with Gasteiger partial charge >= 0.3 is 11.0 Å². The molecule has 18 heavy (non-hydrogen) atoms. The molecular weight excluding hydrogens is 258 g/mol. The molecule has 0 aliphatic rings. The van der Waals surface area contributed by atoms with Gasteiger partial charge in [0.2, 0.25) is 5.91 Å². The van der Waals surface area contributed by atoms with Crippen LogP contribution >= 0.6 is 11.3 Å². The Hall–Kier alpha value is -1.83. The Balaban J connectivity index is 2.34. The normalized spacial score (nSPS) is 9.89. The highest BCUT2D eigenvalue weighted by Gasteiger charge is 2.07. The summed E-state index contributed by atoms with van der Waals surface area (Å²) in [5.41, 5.74) is 5.11. The van der Waals surface area contributed by atoms with Crippen LogP contribution in [0.3, 0.4) is 0 Å². The van der Waals surface area contributed by atoms with Crippen LogP contribution in [-0.2, 0) is 16.1 Å². The maximum atomic E-state index is 11.4. The maximum Gasteiger partial charge on any atom is 0.426 e. The molecule has 2 N–H and O–H groups in total. The highest BCUT2D eigenvalue weighted by atomic mass is 32.1. The zero-order valence-corrected chi connectivity index (χ0v) is 11.0. The Morgan fingerprint density at radius 2 is 2.17 bits per heavy atom. The van der Waals surface area contributed by atoms with Crippen molar-refractivity contribution in [2.24, 2.45) is 0 Å². The highest BCUT2D eigenvalue weighted by molar-refractivity contribution is 7.07. The van der Waals surface area contributed by atoms with Crippen molar-refractivity contribution < 1.29 is 14.3 Å². The fourth-order valence-electron chi connectivity index (χ4n) is 1.24. The van der Waals surface area contributed by atoms with Crippen LogP contribution in [0.2, 0.25) is 0 Å². The van der Waals surface area contributed by atoms with Crippen molar-refractivity contribution >= 4 is 23.3 Å². The van der Waals surface area contributed by atoms with Gasteiger partial charge in [0, 0.05) is 24.0 Å². The molecule has 1 heterocycles. The van der Waals surface area contributed by atoms with Gasteiger partial charge in [0.25, 0.3) is 0 Å². The van der Waals surface area contributed by atoms with Crippen LogP contribution in [0.25, 0.3) is 0 Å². The predicted octanol–water partition coefficient (Wildman–Crippen LogP) is 0.386. The summed E-state index contributed by atoms with van der Waals surface area (Å²) in [6.45, 7) is 3.97. The lowest BCUT2D eigenvalue weighted by Crippen LogP contribution is -2.42. The highest BCUT2D eigenvalue weighted by Crippen LogP contribution is 2.00. The molecule has 1 aromatic heterocycles. The van der Waals surface area contributed by atoms with Crippen molar-refractivity contribution in [3.05, 3.63) is 20.7 Å². The molecule has 7 nitrogen and oxygen atoms in total. The van der Waals surface area contributed by atoms with Gasteiger partial charge in [0.15, 0.2) is 0 Å². The first-order chi connectivity index (χ1) is 8.54. The van der Waals surface area contributed by atoms with E-state index in [1.807, 2.05) is 0 Å². The number of ether oxygens (including phenoxy) is 1. The Morgan fingerprint density at radius 3 is 2.72 bits per heavy atom. The number of aromatic nitrogens is 1. The predicted molar refractivity (Wildman–Crippen MR) is 66.2 cm³/mol. The van der Waals surface area contributed by atoms with Gasteiger partial charge in [-0.3, -0.25) is 15.0 Å². The Kier molecular flexibility index (Phi) is 5.37. The van der Waals surface area contributed by atoms with Crippen molar-refractivity contribution in [3.63, 3.8) is 0 Å². The summed E-state index contributed by atoms with van der Waals surface area (Å²) in [5, 5.41) is 1.73. The van der Waals surface area contributed by atoms with Crippen LogP contribution < -0.4 is 15.7 Å². The van der Waals surface area contributed by atoms with E-state index in [4.69, 9.17) is 0 Å². The average molecular weight is 273 g/mol. The quantitative estimate of drug-likeness (QED) is 0.776. The molecule has 1 rings (SSSR count). The number of nitrogens with zero attached hydrogens (tertiary/aromatic N) is 1. The number of carbonyl (C=O) groups excluding carboxylic acids is 2. The summed E-state index contributed by atoms with van der Waals surface area (Å²) in [5.74, 6) is -0.388. The molecule has 8 heteroatoms. The van der Waals surface area contributed by atoms with Crippen LogP contribution in [0, 0.1) is 6.92 Å². The van der Waals surface area contributed by atoms with Gasteiger partial charge in [-0.25, -0.2) is 10.2 Å². The molecule has 2 amide bonds. The van der Waals surface area contributed by atoms with Crippen LogP contribution in [0.5, 0.6) is 0 Å². The first kappa shape index (κ1) is 14.2. The number of aryl methyl sites for hydroxylation is 1. The van der Waals surface area contributed by atoms with E-state index in [1.165, 1.54) is 4.57 Å². The molecule has 0 atom stereocenters. The lowest BCUT2D eigenvalue weighted by atomic mass is 10.4. The minimum absolute atomic E-state index is 0.0985. The molecule has 0 saturated carbocycles. The molecular formula is C10H15N3O4S. The van der Waals surface area contributed by atoms with Gasteiger partial charge in [0.1, 0.15) is 0 Å². The number of nitrogens with one attached hydrogen (secondary N) is 2. The summed E-state index contributed by atoms with van der Waals surface area (Å²) in [7, 11) is 0. The Labute approximate surface area is 108 Å². The van der Waals surface area contributed by atoms with Gasteiger partial charge in [-0.2, -0.15) is 0 Å². The fourth-order valence-corrected chi connectivity index (χ4v) is 2.00. The molecule has 0 radical (unpaired) electrons. The van der Waals surface area contributed by atoms with E-state index < -0.39 is 6.09 Å². The minimum Gasteiger partial charge on any atom is -0.449 e. The Morgan fingerprint density at radius 1 is 1.44 bits per heavy atom. The third-order valence-electron chi connectivity index (χ3n) is 2.12. The van der Waals surface area contributed by atoms with Gasteiger partial charge in [-0.15, -0.1) is 0 Å². The third kappa shape index (κ3) is 4.21. The number of hydrazine groups is 1. The lowest BCUT2D eigenvalue weighted by molar-refractivity contribution is -0.122. The molecule has 0 saturated heterocycles. The molecule has 0 aliphatic heterocycles. The van der Waals surface area contributed by atoms with E-state index in [9.17, 15) is 14.4 Å². The van der Waals surface area contributed by atoms with Crippen LogP contribution in [0.15, 0.2) is 10.2 Å². The van der Waals surface area contributed by atoms with Gasteiger partial charge in [-0.05, 0) is 13.8 Å². The molecule has 100 valence electrons. The summed E-state index contributed by atoms with van der Waals surface area (Å²) >= 11 is 1.09. The minimum atomic E-state index is -0.713. The van der Waals surface area contributed by atoms with Gasteiger partial charge in [-0.1, -0.05) is 11.3 Å². The molecule has 0 spiro atoms. The monoisotopic (exact) mass is 273 g/mol. The summed E-state index contributed by atoms with van der Waals surface area (Å²) in [6.07, 6.45) is -0.612. The number of rotatable bonds is 4. The Bertz CT molecular complexity index is 480. The van der Waals surface area contributed by atoms with Crippen LogP contribution in [0.1, 0.15) is 19.0 Å². The molecule has 1 aromatic rings. The second kappa shape index (κ2) is 6.80. The van der Waals surface area contributed by atoms with Gasteiger partial charge < -0.3 is 9.30 Å². The molecule has 0 fully saturated rings.